The summed E-state index contributed by atoms with van der Waals surface area (Å²) in [6.07, 6.45) is 0.980. The molecule has 1 aromatic carbocycles. The number of nitrogens with one attached hydrogen (secondary N) is 1. The molecule has 0 heterocycles. The number of carboxylic acid groups (broad SMARTS) is 1. The number of hydrogen-bond acceptors (Lipinski definition) is 3. The molecule has 0 aliphatic heterocycles. The summed E-state index contributed by atoms with van der Waals surface area (Å²) in [6.45, 7) is 8.30. The smallest absolute Gasteiger partial charge is 0.335 e. The van der Waals surface area contributed by atoms with Gasteiger partial charge in [0.25, 0.3) is 0 Å². The van der Waals surface area contributed by atoms with Crippen LogP contribution in [0.25, 0.3) is 0 Å². The van der Waals surface area contributed by atoms with Crippen LogP contribution in [0.4, 0.5) is 0 Å². The zero-order chi connectivity index (χ0) is 14.3. The molecule has 0 aromatic heterocycles. The first kappa shape index (κ1) is 15.7. The van der Waals surface area contributed by atoms with Crippen LogP contribution in [-0.4, -0.2) is 29.8 Å². The molecular formula is C15H23NO3. The van der Waals surface area contributed by atoms with Crippen molar-refractivity contribution in [3.8, 4) is 0 Å². The lowest BCUT2D eigenvalue weighted by Gasteiger charge is -2.23. The van der Waals surface area contributed by atoms with E-state index in [1.165, 1.54) is 0 Å². The lowest BCUT2D eigenvalue weighted by molar-refractivity contribution is -0.0181. The quantitative estimate of drug-likeness (QED) is 0.709. The van der Waals surface area contributed by atoms with Crippen LogP contribution in [0, 0.1) is 0 Å². The van der Waals surface area contributed by atoms with Gasteiger partial charge in [-0.2, -0.15) is 0 Å². The normalized spacial score (nSPS) is 11.5. The van der Waals surface area contributed by atoms with Crippen molar-refractivity contribution in [3.63, 3.8) is 0 Å². The van der Waals surface area contributed by atoms with Crippen LogP contribution in [0.15, 0.2) is 24.3 Å². The fourth-order valence-electron chi connectivity index (χ4n) is 1.55. The molecular weight excluding hydrogens is 242 g/mol. The Morgan fingerprint density at radius 3 is 2.79 bits per heavy atom. The summed E-state index contributed by atoms with van der Waals surface area (Å²) < 4.78 is 5.72. The fourth-order valence-corrected chi connectivity index (χ4v) is 1.55. The van der Waals surface area contributed by atoms with E-state index in [0.29, 0.717) is 18.7 Å². The summed E-state index contributed by atoms with van der Waals surface area (Å²) in [7, 11) is 0. The molecule has 0 atom stereocenters. The highest BCUT2D eigenvalue weighted by Gasteiger charge is 2.14. The second kappa shape index (κ2) is 7.26. The van der Waals surface area contributed by atoms with E-state index in [0.717, 1.165) is 18.5 Å². The Balaban J connectivity index is 2.30. The standard InChI is InChI=1S/C15H23NO3/c1-4-15(2,3)19-9-8-16-11-12-6-5-7-13(10-12)14(17)18/h5-7,10,16H,4,8-9,11H2,1-3H3,(H,17,18). The van der Waals surface area contributed by atoms with E-state index >= 15 is 0 Å². The van der Waals surface area contributed by atoms with Crippen LogP contribution in [-0.2, 0) is 11.3 Å². The summed E-state index contributed by atoms with van der Waals surface area (Å²) in [5.74, 6) is -0.894. The maximum Gasteiger partial charge on any atom is 0.335 e. The van der Waals surface area contributed by atoms with Crippen molar-refractivity contribution in [2.24, 2.45) is 0 Å². The minimum absolute atomic E-state index is 0.0785. The average Bonchev–Trinajstić information content (AvgIpc) is 2.38. The SMILES string of the molecule is CCC(C)(C)OCCNCc1cccc(C(=O)O)c1. The van der Waals surface area contributed by atoms with E-state index in [2.05, 4.69) is 26.1 Å². The van der Waals surface area contributed by atoms with Gasteiger partial charge in [-0.05, 0) is 38.0 Å². The summed E-state index contributed by atoms with van der Waals surface area (Å²) in [5.41, 5.74) is 1.21. The third-order valence-electron chi connectivity index (χ3n) is 3.13. The van der Waals surface area contributed by atoms with Gasteiger partial charge in [0.15, 0.2) is 0 Å². The van der Waals surface area contributed by atoms with Crippen molar-refractivity contribution in [3.05, 3.63) is 35.4 Å². The number of hydrogen-bond donors (Lipinski definition) is 2. The van der Waals surface area contributed by atoms with Gasteiger partial charge in [-0.15, -0.1) is 0 Å². The minimum atomic E-state index is -0.894. The summed E-state index contributed by atoms with van der Waals surface area (Å²) in [5, 5.41) is 12.1. The first-order valence-corrected chi connectivity index (χ1v) is 6.61. The Morgan fingerprint density at radius 2 is 2.16 bits per heavy atom. The molecule has 0 fully saturated rings. The number of rotatable bonds is 8. The van der Waals surface area contributed by atoms with Crippen LogP contribution in [0.3, 0.4) is 0 Å². The van der Waals surface area contributed by atoms with Gasteiger partial charge in [0.1, 0.15) is 0 Å². The van der Waals surface area contributed by atoms with Gasteiger partial charge >= 0.3 is 5.97 Å². The van der Waals surface area contributed by atoms with E-state index in [-0.39, 0.29) is 5.60 Å². The van der Waals surface area contributed by atoms with Crippen molar-refractivity contribution in [1.29, 1.82) is 0 Å². The van der Waals surface area contributed by atoms with Crippen LogP contribution < -0.4 is 5.32 Å². The van der Waals surface area contributed by atoms with Crippen LogP contribution in [0.5, 0.6) is 0 Å². The van der Waals surface area contributed by atoms with E-state index in [1.807, 2.05) is 6.07 Å². The molecule has 0 aliphatic carbocycles. The molecule has 0 amide bonds. The van der Waals surface area contributed by atoms with Crippen LogP contribution >= 0.6 is 0 Å². The molecule has 0 bridgehead atoms. The molecule has 0 spiro atoms. The lowest BCUT2D eigenvalue weighted by Crippen LogP contribution is -2.28. The van der Waals surface area contributed by atoms with E-state index in [9.17, 15) is 4.79 Å². The highest BCUT2D eigenvalue weighted by molar-refractivity contribution is 5.87. The largest absolute Gasteiger partial charge is 0.478 e. The van der Waals surface area contributed by atoms with Crippen molar-refractivity contribution in [2.75, 3.05) is 13.2 Å². The summed E-state index contributed by atoms with van der Waals surface area (Å²) in [6, 6.07) is 6.96. The maximum atomic E-state index is 10.8. The topological polar surface area (TPSA) is 58.6 Å². The Hall–Kier alpha value is -1.39. The molecule has 0 aliphatic rings. The first-order valence-electron chi connectivity index (χ1n) is 6.61. The molecule has 1 rings (SSSR count). The van der Waals surface area contributed by atoms with Gasteiger partial charge in [-0.25, -0.2) is 4.79 Å². The Labute approximate surface area is 114 Å². The molecule has 1 aromatic rings. The summed E-state index contributed by atoms with van der Waals surface area (Å²) >= 11 is 0. The van der Waals surface area contributed by atoms with Crippen LogP contribution in [0.1, 0.15) is 43.1 Å². The van der Waals surface area contributed by atoms with Gasteiger partial charge < -0.3 is 15.2 Å². The Morgan fingerprint density at radius 1 is 1.42 bits per heavy atom. The fraction of sp³-hybridized carbons (Fsp3) is 0.533. The zero-order valence-electron chi connectivity index (χ0n) is 11.9. The van der Waals surface area contributed by atoms with Crippen molar-refractivity contribution in [2.45, 2.75) is 39.3 Å². The molecule has 19 heavy (non-hydrogen) atoms. The van der Waals surface area contributed by atoms with E-state index in [4.69, 9.17) is 9.84 Å². The summed E-state index contributed by atoms with van der Waals surface area (Å²) in [4.78, 5) is 10.8. The maximum absolute atomic E-state index is 10.8. The third kappa shape index (κ3) is 5.85. The highest BCUT2D eigenvalue weighted by atomic mass is 16.5. The molecule has 0 saturated heterocycles. The third-order valence-corrected chi connectivity index (χ3v) is 3.13. The molecule has 4 heteroatoms. The Bertz CT molecular complexity index is 416. The number of ether oxygens (including phenoxy) is 1. The molecule has 0 radical (unpaired) electrons. The van der Waals surface area contributed by atoms with Gasteiger partial charge in [-0.3, -0.25) is 0 Å². The van der Waals surface area contributed by atoms with E-state index < -0.39 is 5.97 Å². The molecule has 2 N–H and O–H groups in total. The van der Waals surface area contributed by atoms with E-state index in [1.54, 1.807) is 18.2 Å². The average molecular weight is 265 g/mol. The second-order valence-electron chi connectivity index (χ2n) is 5.14. The first-order chi connectivity index (χ1) is 8.94. The van der Waals surface area contributed by atoms with Gasteiger partial charge in [0.05, 0.1) is 17.8 Å². The van der Waals surface area contributed by atoms with Gasteiger partial charge in [0.2, 0.25) is 0 Å². The Kier molecular flexibility index (Phi) is 5.99. The number of carboxylic acids is 1. The molecule has 0 saturated carbocycles. The zero-order valence-corrected chi connectivity index (χ0v) is 11.9. The van der Waals surface area contributed by atoms with Crippen molar-refractivity contribution >= 4 is 5.97 Å². The molecule has 4 nitrogen and oxygen atoms in total. The second-order valence-corrected chi connectivity index (χ2v) is 5.14. The van der Waals surface area contributed by atoms with Gasteiger partial charge in [0, 0.05) is 13.1 Å². The number of benzene rings is 1. The molecule has 0 unspecified atom stereocenters. The number of carbonyl (C=O) groups is 1. The molecule has 106 valence electrons. The predicted molar refractivity (Wildman–Crippen MR) is 75.4 cm³/mol. The number of aromatic carboxylic acids is 1. The van der Waals surface area contributed by atoms with Crippen molar-refractivity contribution in [1.82, 2.24) is 5.32 Å². The highest BCUT2D eigenvalue weighted by Crippen LogP contribution is 2.12. The van der Waals surface area contributed by atoms with Gasteiger partial charge in [-0.1, -0.05) is 19.1 Å². The minimum Gasteiger partial charge on any atom is -0.478 e. The lowest BCUT2D eigenvalue weighted by atomic mass is 10.1. The predicted octanol–water partition coefficient (Wildman–Crippen LogP) is 2.68. The van der Waals surface area contributed by atoms with Crippen molar-refractivity contribution < 1.29 is 14.6 Å². The monoisotopic (exact) mass is 265 g/mol. The van der Waals surface area contributed by atoms with Crippen LogP contribution in [0.2, 0.25) is 0 Å².